The molecule has 0 aliphatic heterocycles. The Morgan fingerprint density at radius 1 is 1.24 bits per heavy atom. The fourth-order valence-corrected chi connectivity index (χ4v) is 3.44. The molecule has 3 rings (SSSR count). The first-order valence-electron chi connectivity index (χ1n) is 8.20. The van der Waals surface area contributed by atoms with Crippen LogP contribution >= 0.6 is 11.3 Å². The Labute approximate surface area is 151 Å². The van der Waals surface area contributed by atoms with Crippen LogP contribution in [0.3, 0.4) is 0 Å². The fourth-order valence-electron chi connectivity index (χ4n) is 2.77. The van der Waals surface area contributed by atoms with Gasteiger partial charge in [-0.2, -0.15) is 0 Å². The molecule has 0 fully saturated rings. The fraction of sp³-hybridized carbons (Fsp3) is 0.263. The summed E-state index contributed by atoms with van der Waals surface area (Å²) >= 11 is 1.62. The number of nitrogens with one attached hydrogen (secondary N) is 2. The number of para-hydroxylation sites is 1. The molecule has 1 unspecified atom stereocenters. The minimum absolute atomic E-state index is 0.00289. The van der Waals surface area contributed by atoms with Crippen molar-refractivity contribution in [3.63, 3.8) is 0 Å². The van der Waals surface area contributed by atoms with E-state index in [1.807, 2.05) is 62.7 Å². The van der Waals surface area contributed by atoms with Crippen molar-refractivity contribution in [1.82, 2.24) is 5.16 Å². The molecule has 130 valence electrons. The molecule has 2 aromatic heterocycles. The van der Waals surface area contributed by atoms with Gasteiger partial charge in [-0.3, -0.25) is 4.79 Å². The van der Waals surface area contributed by atoms with Crippen molar-refractivity contribution in [3.8, 4) is 10.6 Å². The molecule has 25 heavy (non-hydrogen) atoms. The second kappa shape index (κ2) is 7.63. The number of anilines is 1. The highest BCUT2D eigenvalue weighted by Crippen LogP contribution is 2.24. The van der Waals surface area contributed by atoms with Gasteiger partial charge >= 0.3 is 0 Å². The molecular weight excluding hydrogens is 334 g/mol. The minimum Gasteiger partial charge on any atom is -0.355 e. The van der Waals surface area contributed by atoms with E-state index in [1.165, 1.54) is 0 Å². The van der Waals surface area contributed by atoms with Crippen LogP contribution in [0.1, 0.15) is 16.8 Å². The van der Waals surface area contributed by atoms with Gasteiger partial charge in [0.2, 0.25) is 0 Å². The van der Waals surface area contributed by atoms with Crippen LogP contribution < -0.4 is 10.2 Å². The smallest absolute Gasteiger partial charge is 0.279 e. The third kappa shape index (κ3) is 4.35. The lowest BCUT2D eigenvalue weighted by Crippen LogP contribution is -3.08. The van der Waals surface area contributed by atoms with Crippen LogP contribution in [0.5, 0.6) is 0 Å². The van der Waals surface area contributed by atoms with E-state index in [4.69, 9.17) is 4.52 Å². The van der Waals surface area contributed by atoms with Gasteiger partial charge in [-0.25, -0.2) is 0 Å². The number of aromatic nitrogens is 1. The molecule has 2 N–H and O–H groups in total. The van der Waals surface area contributed by atoms with Gasteiger partial charge in [-0.1, -0.05) is 29.4 Å². The Morgan fingerprint density at radius 2 is 2.00 bits per heavy atom. The first-order chi connectivity index (χ1) is 12.0. The Kier molecular flexibility index (Phi) is 5.31. The lowest BCUT2D eigenvalue weighted by atomic mass is 10.1. The van der Waals surface area contributed by atoms with Crippen molar-refractivity contribution >= 4 is 22.9 Å². The van der Waals surface area contributed by atoms with Crippen molar-refractivity contribution < 1.29 is 14.2 Å². The quantitative estimate of drug-likeness (QED) is 0.714. The lowest BCUT2D eigenvalue weighted by Gasteiger charge is -2.14. The average molecular weight is 356 g/mol. The maximum absolute atomic E-state index is 12.3. The Hall–Kier alpha value is -2.44. The van der Waals surface area contributed by atoms with Crippen molar-refractivity contribution in [2.75, 3.05) is 18.9 Å². The third-order valence-electron chi connectivity index (χ3n) is 4.01. The molecule has 3 aromatic rings. The summed E-state index contributed by atoms with van der Waals surface area (Å²) in [5, 5.41) is 9.14. The number of hydrogen-bond donors (Lipinski definition) is 2. The van der Waals surface area contributed by atoms with E-state index in [1.54, 1.807) is 11.3 Å². The van der Waals surface area contributed by atoms with Crippen molar-refractivity contribution in [2.24, 2.45) is 0 Å². The number of thiophene rings is 1. The molecular formula is C19H22N3O2S+. The van der Waals surface area contributed by atoms with Crippen molar-refractivity contribution in [3.05, 3.63) is 58.6 Å². The van der Waals surface area contributed by atoms with Crippen LogP contribution in [0, 0.1) is 13.8 Å². The van der Waals surface area contributed by atoms with Crippen LogP contribution in [-0.4, -0.2) is 24.7 Å². The summed E-state index contributed by atoms with van der Waals surface area (Å²) in [6.07, 6.45) is 0. The van der Waals surface area contributed by atoms with E-state index < -0.39 is 0 Å². The molecule has 0 saturated heterocycles. The molecule has 0 aliphatic carbocycles. The molecule has 1 aromatic carbocycles. The maximum atomic E-state index is 12.3. The largest absolute Gasteiger partial charge is 0.355 e. The molecule has 0 spiro atoms. The van der Waals surface area contributed by atoms with Gasteiger partial charge in [0, 0.05) is 11.8 Å². The zero-order valence-corrected chi connectivity index (χ0v) is 15.4. The molecule has 0 radical (unpaired) electrons. The Morgan fingerprint density at radius 3 is 2.68 bits per heavy atom. The number of rotatable bonds is 6. The highest BCUT2D eigenvalue weighted by atomic mass is 32.1. The third-order valence-corrected chi connectivity index (χ3v) is 4.90. The molecule has 0 bridgehead atoms. The van der Waals surface area contributed by atoms with Crippen LogP contribution in [0.2, 0.25) is 0 Å². The van der Waals surface area contributed by atoms with E-state index in [2.05, 4.69) is 10.5 Å². The van der Waals surface area contributed by atoms with Gasteiger partial charge in [0.1, 0.15) is 12.2 Å². The van der Waals surface area contributed by atoms with E-state index in [0.29, 0.717) is 13.1 Å². The number of likely N-dealkylation sites (N-methyl/N-ethyl adjacent to an activating group) is 1. The molecule has 5 nitrogen and oxygen atoms in total. The number of carbonyl (C=O) groups is 1. The number of hydrogen-bond acceptors (Lipinski definition) is 4. The number of nitrogens with zero attached hydrogens (tertiary/aromatic N) is 1. The van der Waals surface area contributed by atoms with Gasteiger partial charge in [-0.05, 0) is 36.4 Å². The van der Waals surface area contributed by atoms with Crippen molar-refractivity contribution in [1.29, 1.82) is 0 Å². The number of quaternary nitrogens is 1. The summed E-state index contributed by atoms with van der Waals surface area (Å²) < 4.78 is 5.39. The van der Waals surface area contributed by atoms with Crippen LogP contribution in [-0.2, 0) is 11.3 Å². The zero-order valence-electron chi connectivity index (χ0n) is 14.6. The molecule has 1 atom stereocenters. The Bertz CT molecular complexity index is 835. The SMILES string of the molecule is Cc1cccc(C)c1NC(=O)C[NH+](C)Cc1cc(-c2cccs2)on1. The van der Waals surface area contributed by atoms with Crippen LogP contribution in [0.4, 0.5) is 5.69 Å². The second-order valence-corrected chi connectivity index (χ2v) is 7.23. The predicted octanol–water partition coefficient (Wildman–Crippen LogP) is 2.67. The zero-order chi connectivity index (χ0) is 17.8. The van der Waals surface area contributed by atoms with Gasteiger partial charge in [-0.15, -0.1) is 11.3 Å². The lowest BCUT2D eigenvalue weighted by molar-refractivity contribution is -0.885. The average Bonchev–Trinajstić information content (AvgIpc) is 3.22. The summed E-state index contributed by atoms with van der Waals surface area (Å²) in [6, 6.07) is 11.9. The topological polar surface area (TPSA) is 59.6 Å². The number of amides is 1. The first kappa shape index (κ1) is 17.4. The number of aryl methyl sites for hydroxylation is 2. The summed E-state index contributed by atoms with van der Waals surface area (Å²) in [5.41, 5.74) is 3.90. The first-order valence-corrected chi connectivity index (χ1v) is 9.07. The van der Waals surface area contributed by atoms with Crippen LogP contribution in [0.15, 0.2) is 46.3 Å². The Balaban J connectivity index is 1.57. The normalized spacial score (nSPS) is 12.1. The number of benzene rings is 1. The van der Waals surface area contributed by atoms with Gasteiger partial charge in [0.05, 0.1) is 11.9 Å². The van der Waals surface area contributed by atoms with Gasteiger partial charge in [0.25, 0.3) is 5.91 Å². The molecule has 6 heteroatoms. The van der Waals surface area contributed by atoms with Gasteiger partial charge < -0.3 is 14.7 Å². The number of carbonyl (C=O) groups excluding carboxylic acids is 1. The second-order valence-electron chi connectivity index (χ2n) is 6.29. The summed E-state index contributed by atoms with van der Waals surface area (Å²) in [6.45, 7) is 5.01. The van der Waals surface area contributed by atoms with Crippen molar-refractivity contribution in [2.45, 2.75) is 20.4 Å². The van der Waals surface area contributed by atoms with E-state index in [0.717, 1.165) is 38.0 Å². The van der Waals surface area contributed by atoms with E-state index in [9.17, 15) is 4.79 Å². The van der Waals surface area contributed by atoms with E-state index in [-0.39, 0.29) is 5.91 Å². The summed E-state index contributed by atoms with van der Waals surface area (Å²) in [4.78, 5) is 14.4. The summed E-state index contributed by atoms with van der Waals surface area (Å²) in [7, 11) is 1.98. The monoisotopic (exact) mass is 356 g/mol. The minimum atomic E-state index is -0.00289. The van der Waals surface area contributed by atoms with E-state index >= 15 is 0 Å². The van der Waals surface area contributed by atoms with Crippen LogP contribution in [0.25, 0.3) is 10.6 Å². The maximum Gasteiger partial charge on any atom is 0.279 e. The predicted molar refractivity (Wildman–Crippen MR) is 99.8 cm³/mol. The molecule has 1 amide bonds. The highest BCUT2D eigenvalue weighted by Gasteiger charge is 2.15. The molecule has 2 heterocycles. The highest BCUT2D eigenvalue weighted by molar-refractivity contribution is 7.13. The summed E-state index contributed by atoms with van der Waals surface area (Å²) in [5.74, 6) is 0.773. The van der Waals surface area contributed by atoms with Gasteiger partial charge in [0.15, 0.2) is 12.3 Å². The molecule has 0 saturated carbocycles. The standard InChI is InChI=1S/C19H21N3O2S/c1-13-6-4-7-14(2)19(13)20-18(23)12-22(3)11-15-10-16(24-21-15)17-8-5-9-25-17/h4-10H,11-12H2,1-3H3,(H,20,23)/p+1. The molecule has 0 aliphatic rings.